The summed E-state index contributed by atoms with van der Waals surface area (Å²) >= 11 is 0. The molecule has 5 rings (SSSR count). The van der Waals surface area contributed by atoms with Gasteiger partial charge in [0.25, 0.3) is 12.4 Å². The first-order valence-corrected chi connectivity index (χ1v) is 9.82. The molecule has 4 atom stereocenters. The maximum absolute atomic E-state index is 14.8. The van der Waals surface area contributed by atoms with Gasteiger partial charge in [-0.3, -0.25) is 0 Å². The number of hydrogen-bond acceptors (Lipinski definition) is 5. The Morgan fingerprint density at radius 1 is 1.27 bits per heavy atom. The van der Waals surface area contributed by atoms with Crippen molar-refractivity contribution in [3.8, 4) is 6.07 Å². The number of anilines is 1. The predicted molar refractivity (Wildman–Crippen MR) is 105 cm³/mol. The van der Waals surface area contributed by atoms with E-state index in [0.717, 1.165) is 24.0 Å². The third-order valence-electron chi connectivity index (χ3n) is 6.29. The minimum absolute atomic E-state index is 0.0505. The number of benzene rings is 2. The first-order chi connectivity index (χ1) is 14.4. The fourth-order valence-corrected chi connectivity index (χ4v) is 4.76. The number of hydrogen-bond donors (Lipinski definition) is 2. The van der Waals surface area contributed by atoms with Crippen LogP contribution in [0.1, 0.15) is 41.1 Å². The molecule has 2 aromatic carbocycles. The zero-order valence-electron chi connectivity index (χ0n) is 15.9. The van der Waals surface area contributed by atoms with Gasteiger partial charge in [-0.15, -0.1) is 0 Å². The molecule has 1 heterocycles. The van der Waals surface area contributed by atoms with E-state index in [0.29, 0.717) is 17.7 Å². The summed E-state index contributed by atoms with van der Waals surface area (Å²) in [5.41, 5.74) is 6.70. The Morgan fingerprint density at radius 2 is 2.10 bits per heavy atom. The molecule has 5 nitrogen and oxygen atoms in total. The Kier molecular flexibility index (Phi) is 4.17. The van der Waals surface area contributed by atoms with E-state index in [2.05, 4.69) is 16.4 Å². The van der Waals surface area contributed by atoms with Crippen molar-refractivity contribution in [2.24, 2.45) is 16.6 Å². The van der Waals surface area contributed by atoms with Gasteiger partial charge in [0.2, 0.25) is 0 Å². The summed E-state index contributed by atoms with van der Waals surface area (Å²) in [7, 11) is 0. The smallest absolute Gasteiger partial charge is 0.283 e. The van der Waals surface area contributed by atoms with E-state index in [4.69, 9.17) is 15.7 Å². The van der Waals surface area contributed by atoms with Gasteiger partial charge in [-0.05, 0) is 60.7 Å². The van der Waals surface area contributed by atoms with Crippen molar-refractivity contribution in [1.29, 1.82) is 5.26 Å². The van der Waals surface area contributed by atoms with Crippen LogP contribution in [-0.4, -0.2) is 18.6 Å². The average Bonchev–Trinajstić information content (AvgIpc) is 3.41. The highest BCUT2D eigenvalue weighted by Gasteiger charge is 2.64. The van der Waals surface area contributed by atoms with Crippen molar-refractivity contribution in [2.75, 3.05) is 5.32 Å². The Balaban J connectivity index is 1.50. The fraction of sp³-hybridized carbons (Fsp3) is 0.364. The van der Waals surface area contributed by atoms with E-state index in [1.54, 1.807) is 6.07 Å². The normalized spacial score (nSPS) is 28.8. The van der Waals surface area contributed by atoms with Crippen LogP contribution < -0.4 is 11.1 Å². The molecule has 3 aliphatic rings. The lowest BCUT2D eigenvalue weighted by molar-refractivity contribution is 0.0177. The summed E-state index contributed by atoms with van der Waals surface area (Å²) in [5.74, 6) is -1.35. The summed E-state index contributed by atoms with van der Waals surface area (Å²) in [5, 5.41) is 12.4. The number of fused-ring (bicyclic) bond motifs is 2. The molecule has 0 aromatic heterocycles. The number of alkyl halides is 2. The van der Waals surface area contributed by atoms with Crippen LogP contribution in [-0.2, 0) is 16.7 Å². The third-order valence-corrected chi connectivity index (χ3v) is 6.29. The Morgan fingerprint density at radius 3 is 2.87 bits per heavy atom. The summed E-state index contributed by atoms with van der Waals surface area (Å²) in [6.45, 7) is 0. The third kappa shape index (κ3) is 2.80. The predicted octanol–water partition coefficient (Wildman–Crippen LogP) is 3.99. The highest BCUT2D eigenvalue weighted by molar-refractivity contribution is 5.74. The molecular formula is C22H19F3N4O. The molecular weight excluding hydrogens is 393 g/mol. The van der Waals surface area contributed by atoms with Crippen LogP contribution in [0.3, 0.4) is 0 Å². The van der Waals surface area contributed by atoms with Gasteiger partial charge >= 0.3 is 0 Å². The first kappa shape index (κ1) is 18.8. The van der Waals surface area contributed by atoms with Crippen molar-refractivity contribution in [3.63, 3.8) is 0 Å². The molecule has 0 radical (unpaired) electrons. The van der Waals surface area contributed by atoms with E-state index in [-0.39, 0.29) is 17.6 Å². The molecule has 2 aliphatic carbocycles. The summed E-state index contributed by atoms with van der Waals surface area (Å²) in [4.78, 5) is 3.92. The second kappa shape index (κ2) is 6.66. The number of rotatable bonds is 4. The number of nitrogens with zero attached hydrogens (tertiary/aromatic N) is 2. The molecule has 0 spiro atoms. The van der Waals surface area contributed by atoms with Gasteiger partial charge in [-0.2, -0.15) is 5.26 Å². The Labute approximate surface area is 171 Å². The van der Waals surface area contributed by atoms with E-state index < -0.39 is 29.8 Å². The molecule has 3 N–H and O–H groups in total. The molecule has 30 heavy (non-hydrogen) atoms. The molecule has 8 heteroatoms. The standard InChI is InChI=1S/C22H19F3N4O/c23-17-5-3-13(28-18-6-2-12-7-11(10-26)1-4-14(12)18)8-15(17)22(20(24)25)16-9-19(16)30-21(27)29-22/h1,3-5,7-8,16,18-20,28H,2,6,9H2,(H2,27,29)/t16-,18-,19+,22+/m0/s1. The van der Waals surface area contributed by atoms with E-state index >= 15 is 0 Å². The van der Waals surface area contributed by atoms with Crippen LogP contribution in [0.4, 0.5) is 18.9 Å². The summed E-state index contributed by atoms with van der Waals surface area (Å²) in [6.07, 6.45) is -1.41. The van der Waals surface area contributed by atoms with Crippen molar-refractivity contribution in [2.45, 2.75) is 43.4 Å². The number of nitrogens with one attached hydrogen (secondary N) is 1. The lowest BCUT2D eigenvalue weighted by Crippen LogP contribution is -2.43. The van der Waals surface area contributed by atoms with Crippen molar-refractivity contribution in [3.05, 3.63) is 64.5 Å². The van der Waals surface area contributed by atoms with Gasteiger partial charge in [-0.25, -0.2) is 18.2 Å². The molecule has 0 amide bonds. The lowest BCUT2D eigenvalue weighted by atomic mass is 9.84. The minimum Gasteiger partial charge on any atom is -0.462 e. The number of aliphatic imine (C=N–C) groups is 1. The molecule has 154 valence electrons. The largest absolute Gasteiger partial charge is 0.462 e. The number of nitriles is 1. The molecule has 1 aliphatic heterocycles. The molecule has 1 fully saturated rings. The maximum atomic E-state index is 14.8. The van der Waals surface area contributed by atoms with E-state index in [1.165, 1.54) is 18.2 Å². The monoisotopic (exact) mass is 412 g/mol. The highest BCUT2D eigenvalue weighted by atomic mass is 19.3. The lowest BCUT2D eigenvalue weighted by Gasteiger charge is -2.33. The van der Waals surface area contributed by atoms with Gasteiger partial charge in [0.05, 0.1) is 17.7 Å². The van der Waals surface area contributed by atoms with Gasteiger partial charge < -0.3 is 15.8 Å². The maximum Gasteiger partial charge on any atom is 0.283 e. The molecule has 2 aromatic rings. The molecule has 0 saturated heterocycles. The van der Waals surface area contributed by atoms with Crippen LogP contribution >= 0.6 is 0 Å². The van der Waals surface area contributed by atoms with Crippen LogP contribution in [0.5, 0.6) is 0 Å². The number of halogens is 3. The molecule has 0 bridgehead atoms. The number of amidine groups is 1. The van der Waals surface area contributed by atoms with Crippen molar-refractivity contribution in [1.82, 2.24) is 0 Å². The highest BCUT2D eigenvalue weighted by Crippen LogP contribution is 2.56. The number of ether oxygens (including phenoxy) is 1. The molecule has 1 saturated carbocycles. The quantitative estimate of drug-likeness (QED) is 0.796. The average molecular weight is 412 g/mol. The topological polar surface area (TPSA) is 83.4 Å². The number of aryl methyl sites for hydroxylation is 1. The first-order valence-electron chi connectivity index (χ1n) is 9.82. The van der Waals surface area contributed by atoms with Crippen LogP contribution in [0.2, 0.25) is 0 Å². The van der Waals surface area contributed by atoms with Gasteiger partial charge in [0, 0.05) is 17.2 Å². The van der Waals surface area contributed by atoms with Crippen LogP contribution in [0.25, 0.3) is 0 Å². The molecule has 0 unspecified atom stereocenters. The van der Waals surface area contributed by atoms with Gasteiger partial charge in [0.15, 0.2) is 5.54 Å². The second-order valence-electron chi connectivity index (χ2n) is 8.03. The van der Waals surface area contributed by atoms with Crippen LogP contribution in [0.15, 0.2) is 41.4 Å². The second-order valence-corrected chi connectivity index (χ2v) is 8.03. The van der Waals surface area contributed by atoms with Crippen LogP contribution in [0, 0.1) is 23.1 Å². The van der Waals surface area contributed by atoms with E-state index in [1.807, 2.05) is 12.1 Å². The fourth-order valence-electron chi connectivity index (χ4n) is 4.76. The Hall–Kier alpha value is -3.21. The van der Waals surface area contributed by atoms with Gasteiger partial charge in [0.1, 0.15) is 11.9 Å². The number of nitrogens with two attached hydrogens (primary N) is 1. The zero-order chi connectivity index (χ0) is 21.0. The SMILES string of the molecule is N#Cc1ccc2c(c1)CC[C@@H]2Nc1ccc(F)c([C@@]2(C(F)F)N=C(N)O[C@@H]3C[C@@H]32)c1. The summed E-state index contributed by atoms with van der Waals surface area (Å²) < 4.78 is 48.6. The van der Waals surface area contributed by atoms with Gasteiger partial charge in [-0.1, -0.05) is 6.07 Å². The zero-order valence-corrected chi connectivity index (χ0v) is 15.9. The minimum atomic E-state index is -2.92. The van der Waals surface area contributed by atoms with E-state index in [9.17, 15) is 13.2 Å². The Bertz CT molecular complexity index is 1100. The van der Waals surface area contributed by atoms with Crippen molar-refractivity contribution >= 4 is 11.7 Å². The van der Waals surface area contributed by atoms with Crippen molar-refractivity contribution < 1.29 is 17.9 Å². The summed E-state index contributed by atoms with van der Waals surface area (Å²) in [6, 6.07) is 11.4.